The van der Waals surface area contributed by atoms with Gasteiger partial charge in [0.05, 0.1) is 23.2 Å². The Hall–Kier alpha value is -3.59. The van der Waals surface area contributed by atoms with E-state index >= 15 is 0 Å². The van der Waals surface area contributed by atoms with Crippen LogP contribution in [0.25, 0.3) is 0 Å². The Bertz CT molecular complexity index is 1340. The fourth-order valence-corrected chi connectivity index (χ4v) is 6.09. The van der Waals surface area contributed by atoms with Crippen LogP contribution in [0.2, 0.25) is 0 Å². The van der Waals surface area contributed by atoms with Crippen molar-refractivity contribution in [3.05, 3.63) is 84.2 Å². The highest BCUT2D eigenvalue weighted by Crippen LogP contribution is 2.27. The van der Waals surface area contributed by atoms with Gasteiger partial charge < -0.3 is 15.0 Å². The van der Waals surface area contributed by atoms with Crippen LogP contribution >= 0.6 is 0 Å². The molecular formula is C30H36FN3O4S. The van der Waals surface area contributed by atoms with E-state index in [9.17, 15) is 17.6 Å². The van der Waals surface area contributed by atoms with Gasteiger partial charge in [-0.15, -0.1) is 0 Å². The second-order valence-electron chi connectivity index (χ2n) is 9.94. The molecule has 0 saturated carbocycles. The maximum atomic E-state index is 13.6. The molecule has 4 rings (SSSR count). The highest BCUT2D eigenvalue weighted by Gasteiger charge is 2.28. The molecule has 208 valence electrons. The lowest BCUT2D eigenvalue weighted by Gasteiger charge is -2.32. The zero-order chi connectivity index (χ0) is 28.0. The van der Waals surface area contributed by atoms with Crippen molar-refractivity contribution in [1.82, 2.24) is 5.32 Å². The zero-order valence-electron chi connectivity index (χ0n) is 22.6. The lowest BCUT2D eigenvalue weighted by atomic mass is 9.98. The number of rotatable bonds is 10. The molecular weight excluding hydrogens is 517 g/mol. The minimum Gasteiger partial charge on any atom is -0.494 e. The Morgan fingerprint density at radius 2 is 1.64 bits per heavy atom. The van der Waals surface area contributed by atoms with Crippen molar-refractivity contribution in [2.24, 2.45) is 5.92 Å². The molecule has 9 heteroatoms. The van der Waals surface area contributed by atoms with Crippen molar-refractivity contribution >= 4 is 27.3 Å². The second kappa shape index (κ2) is 12.5. The van der Waals surface area contributed by atoms with Gasteiger partial charge in [0.25, 0.3) is 10.0 Å². The fourth-order valence-electron chi connectivity index (χ4n) is 4.67. The Labute approximate surface area is 230 Å². The van der Waals surface area contributed by atoms with Gasteiger partial charge >= 0.3 is 0 Å². The predicted molar refractivity (Wildman–Crippen MR) is 152 cm³/mol. The third kappa shape index (κ3) is 7.09. The van der Waals surface area contributed by atoms with E-state index in [1.807, 2.05) is 26.0 Å². The maximum absolute atomic E-state index is 13.6. The molecule has 0 radical (unpaired) electrons. The summed E-state index contributed by atoms with van der Waals surface area (Å²) < 4.78 is 47.2. The molecule has 1 unspecified atom stereocenters. The number of hydrogen-bond acceptors (Lipinski definition) is 5. The molecule has 0 spiro atoms. The first kappa shape index (κ1) is 28.4. The van der Waals surface area contributed by atoms with Gasteiger partial charge in [0.1, 0.15) is 18.1 Å². The van der Waals surface area contributed by atoms with Gasteiger partial charge in [-0.1, -0.05) is 19.1 Å². The highest BCUT2D eigenvalue weighted by molar-refractivity contribution is 7.92. The summed E-state index contributed by atoms with van der Waals surface area (Å²) >= 11 is 0. The first-order valence-electron chi connectivity index (χ1n) is 13.3. The SMILES string of the molecule is CCOc1ccc(S(=O)(=O)N(CC(=O)NC(C)c2ccc(N3CCC(C)CC3)cc2)c2ccc(F)cc2)cc1. The van der Waals surface area contributed by atoms with Crippen LogP contribution in [0, 0.1) is 11.7 Å². The number of carbonyl (C=O) groups excluding carboxylic acids is 1. The molecule has 7 nitrogen and oxygen atoms in total. The van der Waals surface area contributed by atoms with Crippen LogP contribution in [0.1, 0.15) is 45.2 Å². The number of hydrogen-bond donors (Lipinski definition) is 1. The number of halogens is 1. The lowest BCUT2D eigenvalue weighted by molar-refractivity contribution is -0.120. The molecule has 1 saturated heterocycles. The summed E-state index contributed by atoms with van der Waals surface area (Å²) in [4.78, 5) is 15.5. The molecule has 1 amide bonds. The summed E-state index contributed by atoms with van der Waals surface area (Å²) in [6.45, 7) is 8.04. The van der Waals surface area contributed by atoms with Crippen molar-refractivity contribution in [2.45, 2.75) is 44.6 Å². The van der Waals surface area contributed by atoms with Crippen LogP contribution < -0.4 is 19.3 Å². The summed E-state index contributed by atoms with van der Waals surface area (Å²) in [5.74, 6) is 0.314. The third-order valence-corrected chi connectivity index (χ3v) is 8.83. The van der Waals surface area contributed by atoms with Crippen LogP contribution in [0.15, 0.2) is 77.7 Å². The van der Waals surface area contributed by atoms with E-state index < -0.39 is 28.3 Å². The van der Waals surface area contributed by atoms with E-state index in [-0.39, 0.29) is 16.6 Å². The Morgan fingerprint density at radius 3 is 2.23 bits per heavy atom. The summed E-state index contributed by atoms with van der Waals surface area (Å²) in [6, 6.07) is 18.8. The van der Waals surface area contributed by atoms with Gasteiger partial charge in [0.2, 0.25) is 5.91 Å². The highest BCUT2D eigenvalue weighted by atomic mass is 32.2. The summed E-state index contributed by atoms with van der Waals surface area (Å²) in [5.41, 5.74) is 2.27. The molecule has 1 fully saturated rings. The zero-order valence-corrected chi connectivity index (χ0v) is 23.5. The topological polar surface area (TPSA) is 79.0 Å². The first-order chi connectivity index (χ1) is 18.7. The molecule has 39 heavy (non-hydrogen) atoms. The number of piperidine rings is 1. The fraction of sp³-hybridized carbons (Fsp3) is 0.367. The molecule has 0 aromatic heterocycles. The maximum Gasteiger partial charge on any atom is 0.264 e. The molecule has 1 aliphatic heterocycles. The van der Waals surface area contributed by atoms with Gasteiger partial charge in [0.15, 0.2) is 0 Å². The van der Waals surface area contributed by atoms with E-state index in [1.54, 1.807) is 12.1 Å². The van der Waals surface area contributed by atoms with Gasteiger partial charge in [-0.05, 0) is 98.8 Å². The monoisotopic (exact) mass is 553 g/mol. The summed E-state index contributed by atoms with van der Waals surface area (Å²) in [6.07, 6.45) is 2.36. The molecule has 0 bridgehead atoms. The van der Waals surface area contributed by atoms with Crippen LogP contribution in [0.3, 0.4) is 0 Å². The number of amides is 1. The van der Waals surface area contributed by atoms with Gasteiger partial charge in [-0.2, -0.15) is 0 Å². The van der Waals surface area contributed by atoms with Crippen molar-refractivity contribution in [3.8, 4) is 5.75 Å². The van der Waals surface area contributed by atoms with Gasteiger partial charge in [-0.3, -0.25) is 9.10 Å². The lowest BCUT2D eigenvalue weighted by Crippen LogP contribution is -2.41. The van der Waals surface area contributed by atoms with Crippen molar-refractivity contribution in [2.75, 3.05) is 35.4 Å². The third-order valence-electron chi connectivity index (χ3n) is 7.04. The molecule has 3 aromatic carbocycles. The number of anilines is 2. The summed E-state index contributed by atoms with van der Waals surface area (Å²) in [7, 11) is -4.13. The van der Waals surface area contributed by atoms with E-state index in [1.165, 1.54) is 49.2 Å². The Kier molecular flexibility index (Phi) is 9.12. The quantitative estimate of drug-likeness (QED) is 0.357. The number of sulfonamides is 1. The number of benzene rings is 3. The van der Waals surface area contributed by atoms with Crippen molar-refractivity contribution < 1.29 is 22.3 Å². The molecule has 1 aliphatic rings. The van der Waals surface area contributed by atoms with Gasteiger partial charge in [0, 0.05) is 18.8 Å². The minimum atomic E-state index is -4.13. The number of nitrogens with zero attached hydrogens (tertiary/aromatic N) is 2. The average Bonchev–Trinajstić information content (AvgIpc) is 2.93. The molecule has 0 aliphatic carbocycles. The van der Waals surface area contributed by atoms with Crippen LogP contribution in [0.5, 0.6) is 5.75 Å². The normalized spacial score (nSPS) is 15.0. The second-order valence-corrected chi connectivity index (χ2v) is 11.8. The largest absolute Gasteiger partial charge is 0.494 e. The number of nitrogens with one attached hydrogen (secondary N) is 1. The molecule has 1 heterocycles. The van der Waals surface area contributed by atoms with Crippen LogP contribution in [-0.2, 0) is 14.8 Å². The van der Waals surface area contributed by atoms with Crippen LogP contribution in [-0.4, -0.2) is 40.6 Å². The van der Waals surface area contributed by atoms with E-state index in [0.29, 0.717) is 12.4 Å². The number of carbonyl (C=O) groups is 1. The predicted octanol–water partition coefficient (Wildman–Crippen LogP) is 5.53. The van der Waals surface area contributed by atoms with Gasteiger partial charge in [-0.25, -0.2) is 12.8 Å². The minimum absolute atomic E-state index is 0.00109. The Balaban J connectivity index is 1.49. The van der Waals surface area contributed by atoms with E-state index in [4.69, 9.17) is 4.74 Å². The summed E-state index contributed by atoms with van der Waals surface area (Å²) in [5, 5.41) is 2.91. The van der Waals surface area contributed by atoms with Crippen LogP contribution in [0.4, 0.5) is 15.8 Å². The van der Waals surface area contributed by atoms with Crippen molar-refractivity contribution in [1.29, 1.82) is 0 Å². The smallest absolute Gasteiger partial charge is 0.264 e. The first-order valence-corrected chi connectivity index (χ1v) is 14.8. The molecule has 1 N–H and O–H groups in total. The van der Waals surface area contributed by atoms with Crippen molar-refractivity contribution in [3.63, 3.8) is 0 Å². The molecule has 3 aromatic rings. The standard InChI is InChI=1S/C30H36FN3O4S/c1-4-38-28-13-15-29(16-14-28)39(36,37)34(27-11-7-25(31)8-12-27)21-30(35)32-23(3)24-5-9-26(10-6-24)33-19-17-22(2)18-20-33/h5-16,22-23H,4,17-21H2,1-3H3,(H,32,35). The number of ether oxygens (including phenoxy) is 1. The average molecular weight is 554 g/mol. The Morgan fingerprint density at radius 1 is 1.03 bits per heavy atom. The van der Waals surface area contributed by atoms with E-state index in [0.717, 1.165) is 34.6 Å². The van der Waals surface area contributed by atoms with E-state index in [2.05, 4.69) is 29.3 Å². The molecule has 1 atom stereocenters.